The molecule has 3 heteroatoms. The molecule has 0 N–H and O–H groups in total. The van der Waals surface area contributed by atoms with Crippen molar-refractivity contribution >= 4 is 26.9 Å². The molecule has 0 unspecified atom stereocenters. The number of hydrogen-bond donors (Lipinski definition) is 0. The lowest BCUT2D eigenvalue weighted by atomic mass is 10.1. The van der Waals surface area contributed by atoms with Gasteiger partial charge < -0.3 is 9.15 Å². The Morgan fingerprint density at radius 2 is 1.83 bits per heavy atom. The maximum atomic E-state index is 5.90. The summed E-state index contributed by atoms with van der Waals surface area (Å²) in [6.45, 7) is 0. The normalized spacial score (nSPS) is 10.8. The van der Waals surface area contributed by atoms with Crippen LogP contribution in [-0.2, 0) is 0 Å². The molecule has 0 aliphatic heterocycles. The minimum Gasteiger partial charge on any atom is -0.493 e. The van der Waals surface area contributed by atoms with Crippen LogP contribution in [0.3, 0.4) is 0 Å². The van der Waals surface area contributed by atoms with Crippen molar-refractivity contribution in [3.05, 3.63) is 53.0 Å². The summed E-state index contributed by atoms with van der Waals surface area (Å²) in [5.41, 5.74) is 1.83. The molecular weight excluding hydrogens is 292 g/mol. The van der Waals surface area contributed by atoms with E-state index in [1.54, 1.807) is 7.11 Å². The van der Waals surface area contributed by atoms with E-state index in [0.29, 0.717) is 0 Å². The van der Waals surface area contributed by atoms with E-state index in [4.69, 9.17) is 9.15 Å². The molecule has 0 bridgehead atoms. The number of rotatable bonds is 2. The molecule has 18 heavy (non-hydrogen) atoms. The molecule has 0 atom stereocenters. The summed E-state index contributed by atoms with van der Waals surface area (Å²) in [6, 6.07) is 15.9. The van der Waals surface area contributed by atoms with Gasteiger partial charge in [0.1, 0.15) is 5.76 Å². The van der Waals surface area contributed by atoms with Gasteiger partial charge in [0.2, 0.25) is 0 Å². The Balaban J connectivity index is 2.25. The number of methoxy groups -OCH3 is 1. The van der Waals surface area contributed by atoms with Crippen molar-refractivity contribution in [3.63, 3.8) is 0 Å². The third-order valence-corrected chi connectivity index (χ3v) is 3.56. The molecule has 0 spiro atoms. The Kier molecular flexibility index (Phi) is 2.84. The predicted octanol–water partition coefficient (Wildman–Crippen LogP) is 4.87. The van der Waals surface area contributed by atoms with E-state index >= 15 is 0 Å². The predicted molar refractivity (Wildman–Crippen MR) is 75.9 cm³/mol. The smallest absolute Gasteiger partial charge is 0.177 e. The van der Waals surface area contributed by atoms with Gasteiger partial charge in [-0.3, -0.25) is 0 Å². The van der Waals surface area contributed by atoms with Crippen LogP contribution in [0.4, 0.5) is 0 Å². The summed E-state index contributed by atoms with van der Waals surface area (Å²) in [5, 5.41) is 1.02. The zero-order valence-electron chi connectivity index (χ0n) is 9.81. The van der Waals surface area contributed by atoms with Crippen LogP contribution in [0.25, 0.3) is 22.3 Å². The highest BCUT2D eigenvalue weighted by molar-refractivity contribution is 9.10. The lowest BCUT2D eigenvalue weighted by Gasteiger charge is -2.00. The van der Waals surface area contributed by atoms with Gasteiger partial charge in [-0.1, -0.05) is 46.3 Å². The third-order valence-electron chi connectivity index (χ3n) is 2.87. The maximum Gasteiger partial charge on any atom is 0.177 e. The van der Waals surface area contributed by atoms with Crippen LogP contribution in [-0.4, -0.2) is 7.11 Å². The molecule has 1 aromatic heterocycles. The highest BCUT2D eigenvalue weighted by Gasteiger charge is 2.12. The van der Waals surface area contributed by atoms with Crippen molar-refractivity contribution < 1.29 is 9.15 Å². The Labute approximate surface area is 113 Å². The highest BCUT2D eigenvalue weighted by atomic mass is 79.9. The highest BCUT2D eigenvalue weighted by Crippen LogP contribution is 2.37. The SMILES string of the molecule is COc1ccc(Br)c2cc(-c3ccccc3)oc12. The molecule has 0 radical (unpaired) electrons. The molecule has 2 nitrogen and oxygen atoms in total. The summed E-state index contributed by atoms with van der Waals surface area (Å²) < 4.78 is 12.2. The van der Waals surface area contributed by atoms with Crippen molar-refractivity contribution in [3.8, 4) is 17.1 Å². The van der Waals surface area contributed by atoms with Crippen molar-refractivity contribution in [2.75, 3.05) is 7.11 Å². The quantitative estimate of drug-likeness (QED) is 0.674. The van der Waals surface area contributed by atoms with Crippen molar-refractivity contribution in [1.29, 1.82) is 0 Å². The van der Waals surface area contributed by atoms with E-state index in [-0.39, 0.29) is 0 Å². The molecule has 0 fully saturated rings. The average Bonchev–Trinajstić information content (AvgIpc) is 2.86. The monoisotopic (exact) mass is 302 g/mol. The topological polar surface area (TPSA) is 22.4 Å². The molecule has 3 rings (SSSR count). The number of furan rings is 1. The number of hydrogen-bond acceptors (Lipinski definition) is 2. The van der Waals surface area contributed by atoms with Gasteiger partial charge in [-0.15, -0.1) is 0 Å². The van der Waals surface area contributed by atoms with Crippen molar-refractivity contribution in [2.45, 2.75) is 0 Å². The average molecular weight is 303 g/mol. The van der Waals surface area contributed by atoms with Gasteiger partial charge in [-0.25, -0.2) is 0 Å². The molecule has 1 heterocycles. The van der Waals surface area contributed by atoms with Gasteiger partial charge in [-0.05, 0) is 18.2 Å². The molecule has 0 aliphatic carbocycles. The fourth-order valence-corrected chi connectivity index (χ4v) is 2.40. The first-order valence-electron chi connectivity index (χ1n) is 5.61. The van der Waals surface area contributed by atoms with Crippen LogP contribution in [0.15, 0.2) is 57.4 Å². The lowest BCUT2D eigenvalue weighted by molar-refractivity contribution is 0.411. The first-order chi connectivity index (χ1) is 8.79. The van der Waals surface area contributed by atoms with Gasteiger partial charge in [0.25, 0.3) is 0 Å². The second-order valence-corrected chi connectivity index (χ2v) is 4.82. The summed E-state index contributed by atoms with van der Waals surface area (Å²) in [7, 11) is 1.65. The minimum absolute atomic E-state index is 0.746. The molecule has 3 aromatic rings. The number of halogens is 1. The van der Waals surface area contributed by atoms with Crippen LogP contribution in [0, 0.1) is 0 Å². The molecular formula is C15H11BrO2. The number of benzene rings is 2. The molecule has 0 amide bonds. The molecule has 0 saturated heterocycles. The fraction of sp³-hybridized carbons (Fsp3) is 0.0667. The zero-order chi connectivity index (χ0) is 12.5. The minimum atomic E-state index is 0.746. The molecule has 0 aliphatic rings. The Morgan fingerprint density at radius 3 is 2.56 bits per heavy atom. The van der Waals surface area contributed by atoms with Crippen LogP contribution < -0.4 is 4.74 Å². The first kappa shape index (κ1) is 11.4. The van der Waals surface area contributed by atoms with Gasteiger partial charge in [0.05, 0.1) is 7.11 Å². The van der Waals surface area contributed by atoms with Crippen LogP contribution in [0.5, 0.6) is 5.75 Å². The summed E-state index contributed by atoms with van der Waals surface area (Å²) in [5.74, 6) is 1.59. The van der Waals surface area contributed by atoms with Crippen molar-refractivity contribution in [2.24, 2.45) is 0 Å². The molecule has 0 saturated carbocycles. The molecule has 2 aromatic carbocycles. The number of ether oxygens (including phenoxy) is 1. The summed E-state index contributed by atoms with van der Waals surface area (Å²) in [6.07, 6.45) is 0. The fourth-order valence-electron chi connectivity index (χ4n) is 1.97. The maximum absolute atomic E-state index is 5.90. The second-order valence-electron chi connectivity index (χ2n) is 3.97. The Hall–Kier alpha value is -1.74. The van der Waals surface area contributed by atoms with Crippen LogP contribution in [0.2, 0.25) is 0 Å². The van der Waals surface area contributed by atoms with E-state index in [1.807, 2.05) is 48.5 Å². The van der Waals surface area contributed by atoms with Gasteiger partial charge >= 0.3 is 0 Å². The Morgan fingerprint density at radius 1 is 1.06 bits per heavy atom. The Bertz CT molecular complexity index is 686. The van der Waals surface area contributed by atoms with Gasteiger partial charge in [0.15, 0.2) is 11.3 Å². The molecule has 90 valence electrons. The first-order valence-corrected chi connectivity index (χ1v) is 6.40. The van der Waals surface area contributed by atoms with E-state index in [2.05, 4.69) is 15.9 Å². The van der Waals surface area contributed by atoms with Crippen LogP contribution >= 0.6 is 15.9 Å². The zero-order valence-corrected chi connectivity index (χ0v) is 11.4. The summed E-state index contributed by atoms with van der Waals surface area (Å²) >= 11 is 3.53. The standard InChI is InChI=1S/C15H11BrO2/c1-17-13-8-7-12(16)11-9-14(18-15(11)13)10-5-3-2-4-6-10/h2-9H,1H3. The van der Waals surface area contributed by atoms with Crippen molar-refractivity contribution in [1.82, 2.24) is 0 Å². The lowest BCUT2D eigenvalue weighted by Crippen LogP contribution is -1.82. The van der Waals surface area contributed by atoms with Gasteiger partial charge in [0, 0.05) is 15.4 Å². The van der Waals surface area contributed by atoms with Crippen LogP contribution in [0.1, 0.15) is 0 Å². The second kappa shape index (κ2) is 4.50. The summed E-state index contributed by atoms with van der Waals surface area (Å²) in [4.78, 5) is 0. The third kappa shape index (κ3) is 1.81. The van der Waals surface area contributed by atoms with E-state index in [1.165, 1.54) is 0 Å². The number of fused-ring (bicyclic) bond motifs is 1. The van der Waals surface area contributed by atoms with E-state index in [0.717, 1.165) is 32.5 Å². The van der Waals surface area contributed by atoms with E-state index < -0.39 is 0 Å². The largest absolute Gasteiger partial charge is 0.493 e. The van der Waals surface area contributed by atoms with E-state index in [9.17, 15) is 0 Å². The van der Waals surface area contributed by atoms with Gasteiger partial charge in [-0.2, -0.15) is 0 Å².